The molecule has 0 amide bonds. The first kappa shape index (κ1) is 25.6. The van der Waals surface area contributed by atoms with Gasteiger partial charge in [-0.3, -0.25) is 4.98 Å². The molecule has 10 heteroatoms. The first-order valence-electron chi connectivity index (χ1n) is 13.1. The SMILES string of the molecule is OC1(c2ccc(Cl)cc2)CCN(CC/C=C2/c3cc(OCC4N=NN=N4)ccc3OCc3ncccc32)CC1. The van der Waals surface area contributed by atoms with Crippen LogP contribution in [0.25, 0.3) is 5.57 Å². The number of nitrogens with zero attached hydrogens (tertiary/aromatic N) is 6. The summed E-state index contributed by atoms with van der Waals surface area (Å²) >= 11 is 6.04. The lowest BCUT2D eigenvalue weighted by Gasteiger charge is -2.38. The predicted octanol–water partition coefficient (Wildman–Crippen LogP) is 5.97. The molecule has 0 saturated carbocycles. The van der Waals surface area contributed by atoms with Gasteiger partial charge in [-0.1, -0.05) is 35.9 Å². The highest BCUT2D eigenvalue weighted by Crippen LogP contribution is 2.39. The van der Waals surface area contributed by atoms with Gasteiger partial charge in [0.25, 0.3) is 0 Å². The van der Waals surface area contributed by atoms with Gasteiger partial charge in [-0.05, 0) is 77.2 Å². The average molecular weight is 545 g/mol. The van der Waals surface area contributed by atoms with Crippen LogP contribution in [-0.2, 0) is 12.2 Å². The molecule has 0 spiro atoms. The standard InChI is InChI=1S/C29H29ClN6O3/c30-21-7-5-20(6-8-21)29(37)11-15-36(16-12-29)14-2-4-23-24-3-1-13-31-26(24)18-39-27-10-9-22(17-25(23)27)38-19-28-32-34-35-33-28/h1,3-10,13,17,28,37H,2,11-12,14-16,18-19H2/b23-4+. The number of pyridine rings is 1. The van der Waals surface area contributed by atoms with Gasteiger partial charge in [-0.2, -0.15) is 0 Å². The van der Waals surface area contributed by atoms with Crippen molar-refractivity contribution >= 4 is 17.2 Å². The lowest BCUT2D eigenvalue weighted by molar-refractivity contribution is -0.0254. The molecule has 1 saturated heterocycles. The number of rotatable bonds is 7. The van der Waals surface area contributed by atoms with Crippen LogP contribution in [0.2, 0.25) is 5.02 Å². The summed E-state index contributed by atoms with van der Waals surface area (Å²) in [4.78, 5) is 6.99. The molecule has 0 bridgehead atoms. The monoisotopic (exact) mass is 544 g/mol. The molecule has 4 heterocycles. The number of halogens is 1. The van der Waals surface area contributed by atoms with Gasteiger partial charge in [-0.15, -0.1) is 10.2 Å². The van der Waals surface area contributed by atoms with Crippen molar-refractivity contribution in [3.05, 3.63) is 94.3 Å². The summed E-state index contributed by atoms with van der Waals surface area (Å²) in [6.45, 7) is 3.21. The topological polar surface area (TPSA) is 104 Å². The Kier molecular flexibility index (Phi) is 7.36. The summed E-state index contributed by atoms with van der Waals surface area (Å²) in [6.07, 6.45) is 5.87. The van der Waals surface area contributed by atoms with E-state index in [4.69, 9.17) is 21.1 Å². The highest BCUT2D eigenvalue weighted by molar-refractivity contribution is 6.30. The summed E-state index contributed by atoms with van der Waals surface area (Å²) in [6, 6.07) is 17.4. The van der Waals surface area contributed by atoms with Crippen LogP contribution in [0, 0.1) is 0 Å². The van der Waals surface area contributed by atoms with E-state index in [-0.39, 0.29) is 6.61 Å². The molecule has 1 N–H and O–H groups in total. The Morgan fingerprint density at radius 2 is 1.85 bits per heavy atom. The predicted molar refractivity (Wildman–Crippen MR) is 147 cm³/mol. The quantitative estimate of drug-likeness (QED) is 0.394. The van der Waals surface area contributed by atoms with E-state index >= 15 is 0 Å². The average Bonchev–Trinajstić information content (AvgIpc) is 3.44. The molecule has 1 aromatic heterocycles. The molecular weight excluding hydrogens is 516 g/mol. The third-order valence-electron chi connectivity index (χ3n) is 7.45. The molecule has 0 aliphatic carbocycles. The zero-order valence-electron chi connectivity index (χ0n) is 21.4. The first-order valence-corrected chi connectivity index (χ1v) is 13.5. The Morgan fingerprint density at radius 1 is 1.05 bits per heavy atom. The van der Waals surface area contributed by atoms with E-state index in [0.717, 1.165) is 59.8 Å². The molecule has 3 aromatic rings. The molecule has 2 aromatic carbocycles. The molecule has 0 atom stereocenters. The first-order chi connectivity index (χ1) is 19.1. The van der Waals surface area contributed by atoms with Crippen molar-refractivity contribution in [1.82, 2.24) is 9.88 Å². The lowest BCUT2D eigenvalue weighted by atomic mass is 9.84. The smallest absolute Gasteiger partial charge is 0.218 e. The molecule has 1 fully saturated rings. The summed E-state index contributed by atoms with van der Waals surface area (Å²) in [7, 11) is 0. The number of piperidine rings is 1. The van der Waals surface area contributed by atoms with Crippen molar-refractivity contribution in [1.29, 1.82) is 0 Å². The molecule has 39 heavy (non-hydrogen) atoms. The van der Waals surface area contributed by atoms with Crippen LogP contribution in [0.1, 0.15) is 41.6 Å². The highest BCUT2D eigenvalue weighted by atomic mass is 35.5. The number of aliphatic hydroxyl groups is 1. The second-order valence-electron chi connectivity index (χ2n) is 9.93. The molecule has 0 unspecified atom stereocenters. The number of benzene rings is 2. The van der Waals surface area contributed by atoms with E-state index in [1.807, 2.05) is 48.5 Å². The number of hydrogen-bond donors (Lipinski definition) is 1. The van der Waals surface area contributed by atoms with Gasteiger partial charge in [0.2, 0.25) is 6.17 Å². The number of aromatic nitrogens is 1. The summed E-state index contributed by atoms with van der Waals surface area (Å²) in [5, 5.41) is 26.8. The van der Waals surface area contributed by atoms with E-state index in [0.29, 0.717) is 30.2 Å². The summed E-state index contributed by atoms with van der Waals surface area (Å²) < 4.78 is 12.1. The third-order valence-corrected chi connectivity index (χ3v) is 7.71. The van der Waals surface area contributed by atoms with Crippen LogP contribution < -0.4 is 9.47 Å². The van der Waals surface area contributed by atoms with Crippen molar-refractivity contribution < 1.29 is 14.6 Å². The van der Waals surface area contributed by atoms with Gasteiger partial charge >= 0.3 is 0 Å². The molecule has 3 aliphatic heterocycles. The number of likely N-dealkylation sites (tertiary alicyclic amines) is 1. The van der Waals surface area contributed by atoms with Gasteiger partial charge in [0.05, 0.1) is 11.3 Å². The van der Waals surface area contributed by atoms with E-state index in [2.05, 4.69) is 42.7 Å². The molecule has 3 aliphatic rings. The minimum Gasteiger partial charge on any atom is -0.489 e. The van der Waals surface area contributed by atoms with Crippen LogP contribution >= 0.6 is 11.6 Å². The maximum absolute atomic E-state index is 11.2. The zero-order chi connectivity index (χ0) is 26.7. The zero-order valence-corrected chi connectivity index (χ0v) is 22.2. The third kappa shape index (κ3) is 5.71. The highest BCUT2D eigenvalue weighted by Gasteiger charge is 2.33. The van der Waals surface area contributed by atoms with E-state index in [9.17, 15) is 5.11 Å². The Morgan fingerprint density at radius 3 is 2.64 bits per heavy atom. The molecule has 9 nitrogen and oxygen atoms in total. The molecular formula is C29H29ClN6O3. The number of fused-ring (bicyclic) bond motifs is 2. The van der Waals surface area contributed by atoms with Crippen molar-refractivity contribution in [2.24, 2.45) is 20.7 Å². The summed E-state index contributed by atoms with van der Waals surface area (Å²) in [5.41, 5.74) is 4.13. The van der Waals surface area contributed by atoms with Crippen molar-refractivity contribution in [2.45, 2.75) is 37.6 Å². The molecule has 6 rings (SSSR count). The van der Waals surface area contributed by atoms with Crippen LogP contribution in [0.15, 0.2) is 87.5 Å². The van der Waals surface area contributed by atoms with Crippen molar-refractivity contribution in [3.8, 4) is 11.5 Å². The van der Waals surface area contributed by atoms with Crippen molar-refractivity contribution in [3.63, 3.8) is 0 Å². The fourth-order valence-corrected chi connectivity index (χ4v) is 5.38. The van der Waals surface area contributed by atoms with Gasteiger partial charge in [0.1, 0.15) is 24.7 Å². The number of hydrogen-bond acceptors (Lipinski definition) is 9. The summed E-state index contributed by atoms with van der Waals surface area (Å²) in [5.74, 6) is 1.49. The van der Waals surface area contributed by atoms with Crippen molar-refractivity contribution in [2.75, 3.05) is 26.2 Å². The fourth-order valence-electron chi connectivity index (χ4n) is 5.26. The maximum Gasteiger partial charge on any atom is 0.218 e. The van der Waals surface area contributed by atoms with Gasteiger partial charge in [0.15, 0.2) is 0 Å². The van der Waals surface area contributed by atoms with Crippen LogP contribution in [0.3, 0.4) is 0 Å². The van der Waals surface area contributed by atoms with Gasteiger partial charge in [-0.25, -0.2) is 0 Å². The maximum atomic E-state index is 11.2. The molecule has 200 valence electrons. The van der Waals surface area contributed by atoms with Gasteiger partial charge < -0.3 is 19.5 Å². The fraction of sp³-hybridized carbons (Fsp3) is 0.345. The van der Waals surface area contributed by atoms with Gasteiger partial charge in [0, 0.05) is 42.0 Å². The van der Waals surface area contributed by atoms with Crippen LogP contribution in [0.5, 0.6) is 11.5 Å². The largest absolute Gasteiger partial charge is 0.489 e. The van der Waals surface area contributed by atoms with E-state index in [1.165, 1.54) is 0 Å². The Balaban J connectivity index is 1.17. The molecule has 0 radical (unpaired) electrons. The second-order valence-corrected chi connectivity index (χ2v) is 10.4. The normalized spacial score (nSPS) is 19.4. The lowest BCUT2D eigenvalue weighted by Crippen LogP contribution is -2.42. The van der Waals surface area contributed by atoms with Crippen LogP contribution in [-0.4, -0.2) is 47.4 Å². The minimum atomic E-state index is -0.806. The minimum absolute atomic E-state index is 0.265. The van der Waals surface area contributed by atoms with E-state index in [1.54, 1.807) is 6.20 Å². The Hall–Kier alpha value is -3.66. The van der Waals surface area contributed by atoms with Crippen LogP contribution in [0.4, 0.5) is 0 Å². The van der Waals surface area contributed by atoms with E-state index < -0.39 is 11.8 Å². The Labute approximate surface area is 231 Å². The number of ether oxygens (including phenoxy) is 2. The second kappa shape index (κ2) is 11.2. The Bertz CT molecular complexity index is 1400.